The fraction of sp³-hybridized carbons (Fsp3) is 0.800. The lowest BCUT2D eigenvalue weighted by Gasteiger charge is -2.23. The SMILES string of the molecule is CC1=CCC2(CN=O)CC2C1C. The van der Waals surface area contributed by atoms with Gasteiger partial charge in [0.1, 0.15) is 0 Å². The van der Waals surface area contributed by atoms with Gasteiger partial charge in [-0.2, -0.15) is 4.91 Å². The standard InChI is InChI=1S/C10H15NO/c1-7-3-4-10(6-11-12)5-9(10)8(7)2/h3,8-9H,4-6H2,1-2H3. The Morgan fingerprint density at radius 1 is 1.75 bits per heavy atom. The Hall–Kier alpha value is -0.660. The number of nitrogens with zero attached hydrogens (tertiary/aromatic N) is 1. The second kappa shape index (κ2) is 2.41. The number of nitroso groups, excluding NO2 is 1. The third kappa shape index (κ3) is 0.936. The lowest BCUT2D eigenvalue weighted by atomic mass is 9.83. The van der Waals surface area contributed by atoms with Crippen molar-refractivity contribution < 1.29 is 0 Å². The van der Waals surface area contributed by atoms with Crippen molar-refractivity contribution in [1.29, 1.82) is 0 Å². The maximum Gasteiger partial charge on any atom is 0.0873 e. The smallest absolute Gasteiger partial charge is 0.0873 e. The van der Waals surface area contributed by atoms with Gasteiger partial charge in [-0.15, -0.1) is 0 Å². The van der Waals surface area contributed by atoms with Gasteiger partial charge in [-0.3, -0.25) is 0 Å². The van der Waals surface area contributed by atoms with Crippen LogP contribution >= 0.6 is 0 Å². The summed E-state index contributed by atoms with van der Waals surface area (Å²) in [5.41, 5.74) is 1.79. The first-order valence-corrected chi connectivity index (χ1v) is 4.65. The average Bonchev–Trinajstić information content (AvgIpc) is 2.75. The van der Waals surface area contributed by atoms with E-state index in [1.165, 1.54) is 12.0 Å². The van der Waals surface area contributed by atoms with E-state index in [-0.39, 0.29) is 0 Å². The van der Waals surface area contributed by atoms with E-state index in [4.69, 9.17) is 0 Å². The minimum Gasteiger partial charge on any atom is -0.151 e. The predicted molar refractivity (Wildman–Crippen MR) is 48.7 cm³/mol. The van der Waals surface area contributed by atoms with Crippen LogP contribution in [0.2, 0.25) is 0 Å². The molecule has 0 N–H and O–H groups in total. The van der Waals surface area contributed by atoms with Gasteiger partial charge >= 0.3 is 0 Å². The summed E-state index contributed by atoms with van der Waals surface area (Å²) in [7, 11) is 0. The molecular formula is C10H15NO. The van der Waals surface area contributed by atoms with Gasteiger partial charge in [-0.25, -0.2) is 0 Å². The maximum absolute atomic E-state index is 10.2. The van der Waals surface area contributed by atoms with E-state index in [0.29, 0.717) is 17.9 Å². The summed E-state index contributed by atoms with van der Waals surface area (Å²) >= 11 is 0. The van der Waals surface area contributed by atoms with Crippen molar-refractivity contribution in [3.05, 3.63) is 16.6 Å². The lowest BCUT2D eigenvalue weighted by Crippen LogP contribution is -2.17. The molecule has 0 aromatic carbocycles. The van der Waals surface area contributed by atoms with E-state index in [0.717, 1.165) is 12.3 Å². The van der Waals surface area contributed by atoms with Crippen molar-refractivity contribution in [3.63, 3.8) is 0 Å². The second-order valence-corrected chi connectivity index (χ2v) is 4.40. The maximum atomic E-state index is 10.2. The van der Waals surface area contributed by atoms with Crippen molar-refractivity contribution >= 4 is 0 Å². The monoisotopic (exact) mass is 165 g/mol. The van der Waals surface area contributed by atoms with Crippen LogP contribution in [0.3, 0.4) is 0 Å². The van der Waals surface area contributed by atoms with Crippen LogP contribution < -0.4 is 0 Å². The van der Waals surface area contributed by atoms with E-state index >= 15 is 0 Å². The molecule has 2 heteroatoms. The van der Waals surface area contributed by atoms with Crippen molar-refractivity contribution in [2.24, 2.45) is 22.4 Å². The van der Waals surface area contributed by atoms with E-state index in [1.807, 2.05) is 0 Å². The third-order valence-corrected chi connectivity index (χ3v) is 3.78. The molecule has 0 heterocycles. The Labute approximate surface area is 73.0 Å². The molecule has 0 aliphatic heterocycles. The average molecular weight is 165 g/mol. The van der Waals surface area contributed by atoms with Crippen LogP contribution in [0.1, 0.15) is 26.7 Å². The van der Waals surface area contributed by atoms with Gasteiger partial charge in [0.2, 0.25) is 0 Å². The van der Waals surface area contributed by atoms with Crippen molar-refractivity contribution in [2.45, 2.75) is 26.7 Å². The van der Waals surface area contributed by atoms with Crippen LogP contribution in [0.4, 0.5) is 0 Å². The van der Waals surface area contributed by atoms with E-state index in [2.05, 4.69) is 25.1 Å². The van der Waals surface area contributed by atoms with E-state index in [1.54, 1.807) is 0 Å². The quantitative estimate of drug-likeness (QED) is 0.457. The molecule has 0 aromatic heterocycles. The zero-order chi connectivity index (χ0) is 8.77. The first-order chi connectivity index (χ1) is 5.69. The Kier molecular flexibility index (Phi) is 1.60. The molecule has 1 fully saturated rings. The van der Waals surface area contributed by atoms with Crippen LogP contribution in [0.15, 0.2) is 16.8 Å². The van der Waals surface area contributed by atoms with Gasteiger partial charge in [-0.05, 0) is 31.6 Å². The summed E-state index contributed by atoms with van der Waals surface area (Å²) in [6.45, 7) is 5.00. The molecule has 12 heavy (non-hydrogen) atoms. The fourth-order valence-corrected chi connectivity index (χ4v) is 2.56. The van der Waals surface area contributed by atoms with E-state index in [9.17, 15) is 4.91 Å². The number of allylic oxidation sites excluding steroid dienone is 2. The fourth-order valence-electron chi connectivity index (χ4n) is 2.56. The Morgan fingerprint density at radius 2 is 2.50 bits per heavy atom. The van der Waals surface area contributed by atoms with Crippen LogP contribution in [-0.2, 0) is 0 Å². The summed E-state index contributed by atoms with van der Waals surface area (Å²) < 4.78 is 0. The molecule has 0 saturated heterocycles. The summed E-state index contributed by atoms with van der Waals surface area (Å²) in [5.74, 6) is 1.43. The molecule has 66 valence electrons. The van der Waals surface area contributed by atoms with Gasteiger partial charge in [0.05, 0.1) is 6.54 Å². The van der Waals surface area contributed by atoms with Gasteiger partial charge in [0, 0.05) is 5.41 Å². The third-order valence-electron chi connectivity index (χ3n) is 3.78. The molecule has 2 aliphatic rings. The minimum absolute atomic E-state index is 0.292. The molecule has 2 aliphatic carbocycles. The lowest BCUT2D eigenvalue weighted by molar-refractivity contribution is 0.390. The van der Waals surface area contributed by atoms with Gasteiger partial charge < -0.3 is 0 Å². The normalized spacial score (nSPS) is 44.7. The molecule has 1 saturated carbocycles. The highest BCUT2D eigenvalue weighted by molar-refractivity contribution is 5.22. The summed E-state index contributed by atoms with van der Waals surface area (Å²) in [6, 6.07) is 0. The molecule has 0 bridgehead atoms. The summed E-state index contributed by atoms with van der Waals surface area (Å²) in [6.07, 6.45) is 4.59. The molecule has 0 radical (unpaired) electrons. The van der Waals surface area contributed by atoms with Crippen LogP contribution in [-0.4, -0.2) is 6.54 Å². The van der Waals surface area contributed by atoms with Crippen molar-refractivity contribution in [1.82, 2.24) is 0 Å². The molecule has 0 amide bonds. The van der Waals surface area contributed by atoms with Gasteiger partial charge in [0.15, 0.2) is 0 Å². The van der Waals surface area contributed by atoms with Crippen molar-refractivity contribution in [2.75, 3.05) is 6.54 Å². The van der Waals surface area contributed by atoms with Crippen molar-refractivity contribution in [3.8, 4) is 0 Å². The summed E-state index contributed by atoms with van der Waals surface area (Å²) in [4.78, 5) is 10.2. The molecule has 0 aromatic rings. The molecule has 2 nitrogen and oxygen atoms in total. The first-order valence-electron chi connectivity index (χ1n) is 4.65. The van der Waals surface area contributed by atoms with Gasteiger partial charge in [-0.1, -0.05) is 23.7 Å². The largest absolute Gasteiger partial charge is 0.151 e. The Balaban J connectivity index is 2.14. The number of hydrogen-bond acceptors (Lipinski definition) is 2. The van der Waals surface area contributed by atoms with E-state index < -0.39 is 0 Å². The second-order valence-electron chi connectivity index (χ2n) is 4.40. The molecule has 2 rings (SSSR count). The zero-order valence-electron chi connectivity index (χ0n) is 7.71. The molecule has 3 atom stereocenters. The Bertz CT molecular complexity index is 246. The summed E-state index contributed by atoms with van der Waals surface area (Å²) in [5, 5.41) is 3.05. The van der Waals surface area contributed by atoms with Gasteiger partial charge in [0.25, 0.3) is 0 Å². The highest BCUT2D eigenvalue weighted by atomic mass is 16.3. The number of hydrogen-bond donors (Lipinski definition) is 0. The van der Waals surface area contributed by atoms with Crippen LogP contribution in [0, 0.1) is 22.2 Å². The molecular weight excluding hydrogens is 150 g/mol. The van der Waals surface area contributed by atoms with Crippen LogP contribution in [0.25, 0.3) is 0 Å². The highest BCUT2D eigenvalue weighted by Crippen LogP contribution is 2.63. The number of rotatable bonds is 2. The highest BCUT2D eigenvalue weighted by Gasteiger charge is 2.57. The number of fused-ring (bicyclic) bond motifs is 1. The topological polar surface area (TPSA) is 29.4 Å². The molecule has 0 spiro atoms. The van der Waals surface area contributed by atoms with Crippen LogP contribution in [0.5, 0.6) is 0 Å². The predicted octanol–water partition coefficient (Wildman–Crippen LogP) is 2.75. The first kappa shape index (κ1) is 7.96. The minimum atomic E-state index is 0.292. The Morgan fingerprint density at radius 3 is 3.17 bits per heavy atom. The molecule has 3 unspecified atom stereocenters. The zero-order valence-corrected chi connectivity index (χ0v) is 7.71.